The molecule has 0 spiro atoms. The minimum absolute atomic E-state index is 0.0153. The highest BCUT2D eigenvalue weighted by molar-refractivity contribution is 5.93. The summed E-state index contributed by atoms with van der Waals surface area (Å²) in [5.74, 6) is -0.720. The molecule has 172 valence electrons. The Morgan fingerprint density at radius 1 is 1.25 bits per heavy atom. The Balaban J connectivity index is 1.63. The molecule has 0 radical (unpaired) electrons. The van der Waals surface area contributed by atoms with Crippen molar-refractivity contribution in [3.05, 3.63) is 29.8 Å². The number of ketones is 2. The molecule has 2 aliphatic rings. The first-order valence-corrected chi connectivity index (χ1v) is 11.8. The smallest absolute Gasteiger partial charge is 0.224 e. The van der Waals surface area contributed by atoms with Gasteiger partial charge in [0, 0.05) is 36.8 Å². The minimum Gasteiger partial charge on any atom is -0.375 e. The average molecular weight is 438 g/mol. The summed E-state index contributed by atoms with van der Waals surface area (Å²) in [5.41, 5.74) is 1.95. The summed E-state index contributed by atoms with van der Waals surface area (Å²) in [6.45, 7) is 6.14. The van der Waals surface area contributed by atoms with E-state index in [0.29, 0.717) is 25.7 Å². The molecule has 6 heteroatoms. The van der Waals surface area contributed by atoms with E-state index in [9.17, 15) is 19.6 Å². The number of amides is 1. The van der Waals surface area contributed by atoms with E-state index in [4.69, 9.17) is 0 Å². The summed E-state index contributed by atoms with van der Waals surface area (Å²) in [4.78, 5) is 38.4. The predicted octanol–water partition coefficient (Wildman–Crippen LogP) is 4.19. The summed E-state index contributed by atoms with van der Waals surface area (Å²) in [7, 11) is 0. The van der Waals surface area contributed by atoms with Crippen LogP contribution in [0.2, 0.25) is 0 Å². The van der Waals surface area contributed by atoms with Crippen LogP contribution in [-0.2, 0) is 20.8 Å². The van der Waals surface area contributed by atoms with Gasteiger partial charge in [0.05, 0.1) is 12.1 Å². The van der Waals surface area contributed by atoms with Crippen LogP contribution in [0.3, 0.4) is 0 Å². The molecule has 1 fully saturated rings. The molecule has 1 aromatic rings. The van der Waals surface area contributed by atoms with Crippen molar-refractivity contribution >= 4 is 23.2 Å². The predicted molar refractivity (Wildman–Crippen MR) is 124 cm³/mol. The highest BCUT2D eigenvalue weighted by Gasteiger charge is 2.34. The lowest BCUT2D eigenvalue weighted by molar-refractivity contribution is -0.131. The maximum atomic E-state index is 13.2. The Morgan fingerprint density at radius 3 is 2.66 bits per heavy atom. The number of nitriles is 1. The molecule has 1 aromatic carbocycles. The molecular weight excluding hydrogens is 402 g/mol. The number of nitrogens with zero attached hydrogens (tertiary/aromatic N) is 1. The van der Waals surface area contributed by atoms with Gasteiger partial charge in [0.2, 0.25) is 5.91 Å². The highest BCUT2D eigenvalue weighted by Crippen LogP contribution is 2.31. The zero-order valence-electron chi connectivity index (χ0n) is 19.4. The number of carbonyl (C=O) groups is 3. The van der Waals surface area contributed by atoms with E-state index < -0.39 is 12.0 Å². The number of fused-ring (bicyclic) bond motifs is 1. The second kappa shape index (κ2) is 10.3. The Hall–Kier alpha value is -2.68. The molecule has 1 heterocycles. The van der Waals surface area contributed by atoms with Gasteiger partial charge < -0.3 is 10.6 Å². The van der Waals surface area contributed by atoms with Gasteiger partial charge in [-0.2, -0.15) is 5.26 Å². The molecule has 4 atom stereocenters. The minimum atomic E-state index is -0.707. The summed E-state index contributed by atoms with van der Waals surface area (Å²) >= 11 is 0. The Kier molecular flexibility index (Phi) is 7.71. The number of benzene rings is 1. The normalized spacial score (nSPS) is 22.2. The lowest BCUT2D eigenvalue weighted by atomic mass is 9.80. The van der Waals surface area contributed by atoms with Gasteiger partial charge in [-0.3, -0.25) is 14.4 Å². The molecule has 32 heavy (non-hydrogen) atoms. The first-order chi connectivity index (χ1) is 15.2. The van der Waals surface area contributed by atoms with Crippen LogP contribution in [0.25, 0.3) is 0 Å². The van der Waals surface area contributed by atoms with E-state index in [0.717, 1.165) is 30.5 Å². The Labute approximate surface area is 191 Å². The second-order valence-corrected chi connectivity index (χ2v) is 10.5. The Bertz CT molecular complexity index is 871. The molecule has 0 bridgehead atoms. The zero-order chi connectivity index (χ0) is 23.3. The number of rotatable bonds is 8. The van der Waals surface area contributed by atoms with Crippen LogP contribution in [0, 0.1) is 28.6 Å². The fourth-order valence-electron chi connectivity index (χ4n) is 4.90. The van der Waals surface area contributed by atoms with Crippen molar-refractivity contribution in [1.29, 1.82) is 5.26 Å². The molecule has 1 amide bonds. The van der Waals surface area contributed by atoms with Crippen LogP contribution in [0.1, 0.15) is 71.3 Å². The summed E-state index contributed by atoms with van der Waals surface area (Å²) < 4.78 is 0. The van der Waals surface area contributed by atoms with Crippen LogP contribution in [0.15, 0.2) is 24.3 Å². The van der Waals surface area contributed by atoms with Gasteiger partial charge in [0.25, 0.3) is 0 Å². The topological polar surface area (TPSA) is 99.1 Å². The highest BCUT2D eigenvalue weighted by atomic mass is 16.2. The second-order valence-electron chi connectivity index (χ2n) is 10.5. The van der Waals surface area contributed by atoms with Crippen molar-refractivity contribution in [3.63, 3.8) is 0 Å². The van der Waals surface area contributed by atoms with Crippen LogP contribution in [0.5, 0.6) is 0 Å². The van der Waals surface area contributed by atoms with Gasteiger partial charge in [-0.15, -0.1) is 0 Å². The van der Waals surface area contributed by atoms with E-state index in [1.165, 1.54) is 0 Å². The number of Topliss-reactive ketones (excluding diaryl/α,β-unsaturated/α-hetero) is 2. The van der Waals surface area contributed by atoms with Gasteiger partial charge in [0.15, 0.2) is 5.78 Å². The van der Waals surface area contributed by atoms with E-state index in [1.807, 2.05) is 45.0 Å². The number of nitrogens with one attached hydrogen (secondary N) is 2. The van der Waals surface area contributed by atoms with Crippen molar-refractivity contribution in [1.82, 2.24) is 5.32 Å². The Morgan fingerprint density at radius 2 is 2.00 bits per heavy atom. The molecular formula is C26H35N3O3. The fourth-order valence-corrected chi connectivity index (χ4v) is 4.90. The van der Waals surface area contributed by atoms with Crippen molar-refractivity contribution in [2.24, 2.45) is 17.3 Å². The van der Waals surface area contributed by atoms with Crippen molar-refractivity contribution in [2.75, 3.05) is 5.32 Å². The number of para-hydroxylation sites is 1. The largest absolute Gasteiger partial charge is 0.375 e. The van der Waals surface area contributed by atoms with Crippen LogP contribution in [-0.4, -0.2) is 29.6 Å². The lowest BCUT2D eigenvalue weighted by Crippen LogP contribution is -2.43. The van der Waals surface area contributed by atoms with Gasteiger partial charge in [-0.1, -0.05) is 45.4 Å². The molecule has 1 aliphatic heterocycles. The molecule has 2 N–H and O–H groups in total. The van der Waals surface area contributed by atoms with Gasteiger partial charge in [-0.05, 0) is 42.7 Å². The van der Waals surface area contributed by atoms with Gasteiger partial charge in [0.1, 0.15) is 11.8 Å². The fraction of sp³-hybridized carbons (Fsp3) is 0.615. The van der Waals surface area contributed by atoms with Crippen molar-refractivity contribution < 1.29 is 14.4 Å². The van der Waals surface area contributed by atoms with Crippen molar-refractivity contribution in [3.8, 4) is 6.07 Å². The number of hydrogen-bond donors (Lipinski definition) is 2. The standard InChI is InChI=1S/C26H35N3O3/c1-26(2,3)15-19(14-24(31)22-13-17-8-4-6-10-21(17)29-22)25(32)28-20(16-27)12-18-9-5-7-11-23(18)30/h4,6,8,10,18-20,22,29H,5,7,9,11-15H2,1-3H3,(H,28,32)/t18-,19-,20-,22+/m0/s1. The molecule has 6 nitrogen and oxygen atoms in total. The van der Waals surface area contributed by atoms with E-state index in [1.54, 1.807) is 0 Å². The first-order valence-electron chi connectivity index (χ1n) is 11.8. The molecule has 1 aliphatic carbocycles. The van der Waals surface area contributed by atoms with E-state index in [2.05, 4.69) is 16.7 Å². The third-order valence-electron chi connectivity index (χ3n) is 6.51. The third-order valence-corrected chi connectivity index (χ3v) is 6.51. The number of hydrogen-bond acceptors (Lipinski definition) is 5. The van der Waals surface area contributed by atoms with Crippen molar-refractivity contribution in [2.45, 2.75) is 84.2 Å². The SMILES string of the molecule is CC(C)(C)C[C@H](CC(=O)[C@H]1Cc2ccccc2N1)C(=O)N[C@H](C#N)C[C@@H]1CCCCC1=O. The number of carbonyl (C=O) groups excluding carboxylic acids is 3. The maximum absolute atomic E-state index is 13.2. The molecule has 1 saturated carbocycles. The van der Waals surface area contributed by atoms with Gasteiger partial charge in [-0.25, -0.2) is 0 Å². The van der Waals surface area contributed by atoms with Crippen LogP contribution < -0.4 is 10.6 Å². The van der Waals surface area contributed by atoms with Crippen LogP contribution in [0.4, 0.5) is 5.69 Å². The summed E-state index contributed by atoms with van der Waals surface area (Å²) in [6.07, 6.45) is 4.91. The van der Waals surface area contributed by atoms with Gasteiger partial charge >= 0.3 is 0 Å². The summed E-state index contributed by atoms with van der Waals surface area (Å²) in [6, 6.07) is 9.00. The monoisotopic (exact) mass is 437 g/mol. The molecule has 0 saturated heterocycles. The summed E-state index contributed by atoms with van der Waals surface area (Å²) in [5, 5.41) is 15.7. The maximum Gasteiger partial charge on any atom is 0.224 e. The first kappa shape index (κ1) is 24.0. The van der Waals surface area contributed by atoms with Crippen LogP contribution >= 0.6 is 0 Å². The average Bonchev–Trinajstić information content (AvgIpc) is 3.17. The molecule has 3 rings (SSSR count). The lowest BCUT2D eigenvalue weighted by Gasteiger charge is -2.28. The van der Waals surface area contributed by atoms with E-state index >= 15 is 0 Å². The zero-order valence-corrected chi connectivity index (χ0v) is 19.4. The molecule has 0 aromatic heterocycles. The number of anilines is 1. The quantitative estimate of drug-likeness (QED) is 0.635. The molecule has 0 unspecified atom stereocenters. The van der Waals surface area contributed by atoms with E-state index in [-0.39, 0.29) is 41.3 Å². The third kappa shape index (κ3) is 6.41.